The SMILES string of the molecule is CCOC(=O)C[C@H](NC(=O)CCCCc1ccc2c(n1)N(C(=O)OC(C)(C)C)CCC2)c1ccc(OCCOCCOCCOCCN=[N+]=[N-])c(F)c1. The van der Waals surface area contributed by atoms with E-state index in [9.17, 15) is 14.4 Å². The van der Waals surface area contributed by atoms with Gasteiger partial charge in [-0.05, 0) is 94.7 Å². The monoisotopic (exact) mass is 744 g/mol. The van der Waals surface area contributed by atoms with Gasteiger partial charge in [0, 0.05) is 30.1 Å². The van der Waals surface area contributed by atoms with Crippen LogP contribution in [-0.4, -0.2) is 94.5 Å². The molecule has 1 aliphatic rings. The Morgan fingerprint density at radius 3 is 2.42 bits per heavy atom. The van der Waals surface area contributed by atoms with Crippen molar-refractivity contribution in [2.75, 3.05) is 70.8 Å². The summed E-state index contributed by atoms with van der Waals surface area (Å²) in [4.78, 5) is 47.2. The van der Waals surface area contributed by atoms with Crippen LogP contribution in [-0.2, 0) is 46.1 Å². The summed E-state index contributed by atoms with van der Waals surface area (Å²) in [6.45, 7) is 10.2. The van der Waals surface area contributed by atoms with Gasteiger partial charge in [0.2, 0.25) is 5.91 Å². The second kappa shape index (κ2) is 23.2. The molecule has 0 unspecified atom stereocenters. The van der Waals surface area contributed by atoms with E-state index in [1.165, 1.54) is 12.1 Å². The van der Waals surface area contributed by atoms with Crippen molar-refractivity contribution in [1.29, 1.82) is 0 Å². The Labute approximate surface area is 310 Å². The number of benzene rings is 1. The van der Waals surface area contributed by atoms with E-state index >= 15 is 4.39 Å². The van der Waals surface area contributed by atoms with Gasteiger partial charge in [0.1, 0.15) is 18.0 Å². The number of pyridine rings is 1. The average Bonchev–Trinajstić information content (AvgIpc) is 3.11. The van der Waals surface area contributed by atoms with Crippen LogP contribution in [0, 0.1) is 5.82 Å². The Bertz CT molecular complexity index is 1520. The summed E-state index contributed by atoms with van der Waals surface area (Å²) in [6, 6.07) is 7.46. The lowest BCUT2D eigenvalue weighted by Crippen LogP contribution is -2.40. The fourth-order valence-electron chi connectivity index (χ4n) is 5.36. The Hall–Kier alpha value is -4.50. The zero-order valence-corrected chi connectivity index (χ0v) is 31.3. The van der Waals surface area contributed by atoms with Crippen LogP contribution in [0.5, 0.6) is 5.75 Å². The van der Waals surface area contributed by atoms with Crippen molar-refractivity contribution in [3.8, 4) is 5.75 Å². The highest BCUT2D eigenvalue weighted by Crippen LogP contribution is 2.28. The van der Waals surface area contributed by atoms with Gasteiger partial charge in [-0.1, -0.05) is 17.2 Å². The van der Waals surface area contributed by atoms with E-state index in [4.69, 9.17) is 38.9 Å². The van der Waals surface area contributed by atoms with Crippen molar-refractivity contribution in [3.63, 3.8) is 0 Å². The standard InChI is InChI=1S/C37H53FN6O9/c1-5-51-34(46)26-31(28-13-15-32(30(38)25-28)52-24-23-50-22-21-49-20-19-48-18-16-40-43-39)42-33(45)11-7-6-10-29-14-12-27-9-8-17-44(35(27)41-29)36(47)53-37(2,3)4/h12-15,25,31H,5-11,16-24,26H2,1-4H3,(H,42,45)/t31-/m0/s1. The molecular weight excluding hydrogens is 691 g/mol. The van der Waals surface area contributed by atoms with Crippen molar-refractivity contribution in [2.24, 2.45) is 5.11 Å². The molecule has 1 aromatic carbocycles. The molecule has 15 nitrogen and oxygen atoms in total. The number of nitrogens with zero attached hydrogens (tertiary/aromatic N) is 5. The van der Waals surface area contributed by atoms with Gasteiger partial charge in [-0.25, -0.2) is 14.2 Å². The van der Waals surface area contributed by atoms with Crippen LogP contribution < -0.4 is 15.0 Å². The summed E-state index contributed by atoms with van der Waals surface area (Å²) in [5.41, 5.74) is 9.81. The number of halogens is 1. The van der Waals surface area contributed by atoms with Crippen LogP contribution in [0.15, 0.2) is 35.4 Å². The number of fused-ring (bicyclic) bond motifs is 1. The second-order valence-corrected chi connectivity index (χ2v) is 13.2. The lowest BCUT2D eigenvalue weighted by Gasteiger charge is -2.31. The predicted octanol–water partition coefficient (Wildman–Crippen LogP) is 6.17. The molecule has 1 aliphatic heterocycles. The minimum atomic E-state index is -0.800. The maximum Gasteiger partial charge on any atom is 0.416 e. The van der Waals surface area contributed by atoms with Crippen LogP contribution in [0.1, 0.15) is 82.7 Å². The number of esters is 1. The number of anilines is 1. The lowest BCUT2D eigenvalue weighted by molar-refractivity contribution is -0.143. The molecule has 2 amide bonds. The number of aryl methyl sites for hydroxylation is 2. The number of azide groups is 1. The highest BCUT2D eigenvalue weighted by Gasteiger charge is 2.28. The number of carbonyl (C=O) groups excluding carboxylic acids is 3. The van der Waals surface area contributed by atoms with Gasteiger partial charge < -0.3 is 33.7 Å². The van der Waals surface area contributed by atoms with Crippen molar-refractivity contribution in [2.45, 2.75) is 84.3 Å². The molecule has 0 aliphatic carbocycles. The van der Waals surface area contributed by atoms with E-state index in [1.54, 1.807) is 17.9 Å². The van der Waals surface area contributed by atoms with Crippen LogP contribution in [0.4, 0.5) is 15.0 Å². The van der Waals surface area contributed by atoms with Gasteiger partial charge in [-0.15, -0.1) is 0 Å². The number of unbranched alkanes of at least 4 members (excludes halogenated alkanes) is 1. The Balaban J connectivity index is 1.44. The molecule has 3 rings (SSSR count). The maximum atomic E-state index is 15.1. The third kappa shape index (κ3) is 16.4. The quantitative estimate of drug-likeness (QED) is 0.0454. The molecule has 0 fully saturated rings. The van der Waals surface area contributed by atoms with Gasteiger partial charge in [-0.2, -0.15) is 0 Å². The first-order valence-electron chi connectivity index (χ1n) is 18.1. The van der Waals surface area contributed by atoms with Crippen molar-refractivity contribution in [1.82, 2.24) is 10.3 Å². The zero-order chi connectivity index (χ0) is 38.5. The third-order valence-corrected chi connectivity index (χ3v) is 7.80. The number of hydrogen-bond donors (Lipinski definition) is 1. The minimum Gasteiger partial charge on any atom is -0.488 e. The molecule has 1 atom stereocenters. The number of carbonyl (C=O) groups is 3. The number of hydrogen-bond acceptors (Lipinski definition) is 11. The normalized spacial score (nSPS) is 13.0. The lowest BCUT2D eigenvalue weighted by atomic mass is 10.0. The van der Waals surface area contributed by atoms with E-state index in [-0.39, 0.29) is 50.9 Å². The number of ether oxygens (including phenoxy) is 6. The van der Waals surface area contributed by atoms with Gasteiger partial charge in [0.05, 0.1) is 58.7 Å². The second-order valence-electron chi connectivity index (χ2n) is 13.2. The molecule has 2 aromatic rings. The number of aromatic nitrogens is 1. The molecule has 2 heterocycles. The van der Waals surface area contributed by atoms with Crippen molar-refractivity contribution < 1.29 is 47.2 Å². The molecule has 0 saturated heterocycles. The fraction of sp³-hybridized carbons (Fsp3) is 0.622. The van der Waals surface area contributed by atoms with E-state index in [2.05, 4.69) is 15.3 Å². The first-order valence-corrected chi connectivity index (χ1v) is 18.1. The van der Waals surface area contributed by atoms with Crippen molar-refractivity contribution >= 4 is 23.8 Å². The fourth-order valence-corrected chi connectivity index (χ4v) is 5.36. The first kappa shape index (κ1) is 42.9. The number of nitrogens with one attached hydrogen (secondary N) is 1. The summed E-state index contributed by atoms with van der Waals surface area (Å²) in [7, 11) is 0. The highest BCUT2D eigenvalue weighted by molar-refractivity contribution is 5.88. The summed E-state index contributed by atoms with van der Waals surface area (Å²) in [5.74, 6) is -0.805. The number of amides is 2. The van der Waals surface area contributed by atoms with Gasteiger partial charge in [0.25, 0.3) is 0 Å². The number of rotatable bonds is 23. The molecule has 1 N–H and O–H groups in total. The molecule has 0 saturated carbocycles. The van der Waals surface area contributed by atoms with E-state index in [0.717, 1.165) is 24.1 Å². The highest BCUT2D eigenvalue weighted by atomic mass is 19.1. The van der Waals surface area contributed by atoms with Gasteiger partial charge in [-0.3, -0.25) is 14.5 Å². The molecule has 0 spiro atoms. The summed E-state index contributed by atoms with van der Waals surface area (Å²) >= 11 is 0. The Morgan fingerprint density at radius 1 is 1.02 bits per heavy atom. The molecule has 53 heavy (non-hydrogen) atoms. The van der Waals surface area contributed by atoms with Gasteiger partial charge >= 0.3 is 12.1 Å². The van der Waals surface area contributed by atoms with Crippen LogP contribution in [0.2, 0.25) is 0 Å². The summed E-state index contributed by atoms with van der Waals surface area (Å²) in [5, 5.41) is 6.23. The van der Waals surface area contributed by atoms with Gasteiger partial charge in [0.15, 0.2) is 11.6 Å². The Kier molecular flexibility index (Phi) is 18.8. The summed E-state index contributed by atoms with van der Waals surface area (Å²) in [6.07, 6.45) is 3.11. The molecule has 16 heteroatoms. The third-order valence-electron chi connectivity index (χ3n) is 7.80. The molecule has 0 radical (unpaired) electrons. The first-order chi connectivity index (χ1) is 25.5. The van der Waals surface area contributed by atoms with Crippen LogP contribution in [0.25, 0.3) is 10.4 Å². The Morgan fingerprint density at radius 2 is 1.74 bits per heavy atom. The van der Waals surface area contributed by atoms with Crippen LogP contribution in [0.3, 0.4) is 0 Å². The zero-order valence-electron chi connectivity index (χ0n) is 31.3. The van der Waals surface area contributed by atoms with Crippen molar-refractivity contribution in [3.05, 3.63) is 63.4 Å². The molecule has 292 valence electrons. The molecular formula is C37H53FN6O9. The topological polar surface area (TPSA) is 184 Å². The van der Waals surface area contributed by atoms with E-state index < -0.39 is 29.5 Å². The smallest absolute Gasteiger partial charge is 0.416 e. The van der Waals surface area contributed by atoms with E-state index in [0.29, 0.717) is 70.2 Å². The summed E-state index contributed by atoms with van der Waals surface area (Å²) < 4.78 is 47.3. The van der Waals surface area contributed by atoms with E-state index in [1.807, 2.05) is 32.9 Å². The minimum absolute atomic E-state index is 0.0118. The largest absolute Gasteiger partial charge is 0.488 e. The molecule has 0 bridgehead atoms. The molecule has 1 aromatic heterocycles. The average molecular weight is 745 g/mol. The maximum absolute atomic E-state index is 15.1. The van der Waals surface area contributed by atoms with Crippen LogP contribution >= 0.6 is 0 Å². The predicted molar refractivity (Wildman–Crippen MR) is 194 cm³/mol.